The number of pyridine rings is 1. The zero-order chi connectivity index (χ0) is 18.1. The number of carbonyl (C=O) groups excluding carboxylic acids is 1. The molecule has 26 heavy (non-hydrogen) atoms. The number of hydrogen-bond acceptors (Lipinski definition) is 3. The lowest BCUT2D eigenvalue weighted by molar-refractivity contribution is 0.102. The summed E-state index contributed by atoms with van der Waals surface area (Å²) in [6, 6.07) is 19.3. The summed E-state index contributed by atoms with van der Waals surface area (Å²) in [5, 5.41) is 8.32. The first kappa shape index (κ1) is 16.5. The summed E-state index contributed by atoms with van der Waals surface area (Å²) in [6.45, 7) is 1.86. The van der Waals surface area contributed by atoms with Crippen LogP contribution < -0.4 is 5.32 Å². The summed E-state index contributed by atoms with van der Waals surface area (Å²) in [7, 11) is 0. The predicted octanol–water partition coefficient (Wildman–Crippen LogP) is 4.74. The Balaban J connectivity index is 1.67. The summed E-state index contributed by atoms with van der Waals surface area (Å²) in [5.41, 5.74) is 2.85. The number of nitrogens with zero attached hydrogens (tertiary/aromatic N) is 3. The van der Waals surface area contributed by atoms with E-state index in [1.54, 1.807) is 10.9 Å². The van der Waals surface area contributed by atoms with E-state index in [9.17, 15) is 4.79 Å². The van der Waals surface area contributed by atoms with Crippen LogP contribution in [0.2, 0.25) is 0 Å². The first-order chi connectivity index (χ1) is 12.6. The average molecular weight is 407 g/mol. The first-order valence-electron chi connectivity index (χ1n) is 8.10. The maximum Gasteiger partial charge on any atom is 0.259 e. The molecular formula is C20H15BrN4O. The number of aromatic nitrogens is 3. The van der Waals surface area contributed by atoms with E-state index in [1.165, 1.54) is 0 Å². The number of benzene rings is 2. The molecule has 4 rings (SSSR count). The molecule has 0 spiro atoms. The van der Waals surface area contributed by atoms with Gasteiger partial charge in [-0.3, -0.25) is 4.79 Å². The van der Waals surface area contributed by atoms with Gasteiger partial charge in [-0.2, -0.15) is 5.10 Å². The molecule has 1 N–H and O–H groups in total. The van der Waals surface area contributed by atoms with Crippen molar-refractivity contribution < 1.29 is 4.79 Å². The standard InChI is InChI=1S/C20H15BrN4O/c1-13-15(20(26)24-18-9-5-3-7-16(18)21)12-22-25(13)19-11-10-14-6-2-4-8-17(14)23-19/h2-12H,1H3,(H,24,26). The molecular weight excluding hydrogens is 392 g/mol. The number of carbonyl (C=O) groups is 1. The van der Waals surface area contributed by atoms with Gasteiger partial charge in [0.25, 0.3) is 5.91 Å². The minimum atomic E-state index is -0.207. The Bertz CT molecular complexity index is 1120. The Hall–Kier alpha value is -2.99. The molecule has 0 saturated heterocycles. The van der Waals surface area contributed by atoms with Crippen LogP contribution in [0.1, 0.15) is 16.1 Å². The fourth-order valence-electron chi connectivity index (χ4n) is 2.79. The zero-order valence-electron chi connectivity index (χ0n) is 14.0. The minimum absolute atomic E-state index is 0.207. The van der Waals surface area contributed by atoms with Crippen LogP contribution in [0.4, 0.5) is 5.69 Å². The Labute approximate surface area is 158 Å². The molecule has 6 heteroatoms. The molecule has 0 bridgehead atoms. The van der Waals surface area contributed by atoms with Gasteiger partial charge in [0.2, 0.25) is 0 Å². The van der Waals surface area contributed by atoms with Gasteiger partial charge >= 0.3 is 0 Å². The van der Waals surface area contributed by atoms with Crippen molar-refractivity contribution in [1.82, 2.24) is 14.8 Å². The SMILES string of the molecule is Cc1c(C(=O)Nc2ccccc2Br)cnn1-c1ccc2ccccc2n1. The largest absolute Gasteiger partial charge is 0.321 e. The van der Waals surface area contributed by atoms with Crippen LogP contribution in [-0.2, 0) is 0 Å². The zero-order valence-corrected chi connectivity index (χ0v) is 15.6. The predicted molar refractivity (Wildman–Crippen MR) is 106 cm³/mol. The highest BCUT2D eigenvalue weighted by atomic mass is 79.9. The van der Waals surface area contributed by atoms with Crippen LogP contribution in [-0.4, -0.2) is 20.7 Å². The molecule has 2 heterocycles. The van der Waals surface area contributed by atoms with Gasteiger partial charge in [-0.15, -0.1) is 0 Å². The third-order valence-corrected chi connectivity index (χ3v) is 4.87. The summed E-state index contributed by atoms with van der Waals surface area (Å²) in [4.78, 5) is 17.3. The molecule has 0 unspecified atom stereocenters. The van der Waals surface area contributed by atoms with Gasteiger partial charge < -0.3 is 5.32 Å². The number of hydrogen-bond donors (Lipinski definition) is 1. The third-order valence-electron chi connectivity index (χ3n) is 4.18. The van der Waals surface area contributed by atoms with Crippen molar-refractivity contribution in [3.8, 4) is 5.82 Å². The molecule has 0 aliphatic rings. The maximum atomic E-state index is 12.6. The van der Waals surface area contributed by atoms with Gasteiger partial charge in [0.1, 0.15) is 0 Å². The highest BCUT2D eigenvalue weighted by molar-refractivity contribution is 9.10. The number of amides is 1. The van der Waals surface area contributed by atoms with E-state index in [4.69, 9.17) is 0 Å². The Morgan fingerprint density at radius 3 is 2.65 bits per heavy atom. The highest BCUT2D eigenvalue weighted by Gasteiger charge is 2.16. The fraction of sp³-hybridized carbons (Fsp3) is 0.0500. The van der Waals surface area contributed by atoms with Gasteiger partial charge in [0.05, 0.1) is 28.7 Å². The van der Waals surface area contributed by atoms with Gasteiger partial charge in [-0.25, -0.2) is 9.67 Å². The second kappa shape index (κ2) is 6.72. The van der Waals surface area contributed by atoms with E-state index < -0.39 is 0 Å². The van der Waals surface area contributed by atoms with Gasteiger partial charge in [0.15, 0.2) is 5.82 Å². The van der Waals surface area contributed by atoms with E-state index >= 15 is 0 Å². The normalized spacial score (nSPS) is 10.8. The quantitative estimate of drug-likeness (QED) is 0.534. The summed E-state index contributed by atoms with van der Waals surface area (Å²) in [6.07, 6.45) is 1.57. The van der Waals surface area contributed by atoms with Crippen molar-refractivity contribution in [2.75, 3.05) is 5.32 Å². The maximum absolute atomic E-state index is 12.6. The molecule has 0 aliphatic carbocycles. The average Bonchev–Trinajstić information content (AvgIpc) is 3.05. The highest BCUT2D eigenvalue weighted by Crippen LogP contribution is 2.23. The van der Waals surface area contributed by atoms with E-state index in [0.29, 0.717) is 17.1 Å². The second-order valence-electron chi connectivity index (χ2n) is 5.85. The molecule has 2 aromatic heterocycles. The molecule has 4 aromatic rings. The molecule has 1 amide bonds. The molecule has 0 aliphatic heterocycles. The molecule has 5 nitrogen and oxygen atoms in total. The number of fused-ring (bicyclic) bond motifs is 1. The van der Waals surface area contributed by atoms with Crippen molar-refractivity contribution in [1.29, 1.82) is 0 Å². The third kappa shape index (κ3) is 2.99. The Kier molecular flexibility index (Phi) is 4.26. The number of halogens is 1. The monoisotopic (exact) mass is 406 g/mol. The number of anilines is 1. The topological polar surface area (TPSA) is 59.8 Å². The molecule has 0 radical (unpaired) electrons. The summed E-state index contributed by atoms with van der Waals surface area (Å²) >= 11 is 3.44. The van der Waals surface area contributed by atoms with Gasteiger partial charge in [0, 0.05) is 9.86 Å². The van der Waals surface area contributed by atoms with Crippen molar-refractivity contribution in [3.63, 3.8) is 0 Å². The van der Waals surface area contributed by atoms with E-state index in [2.05, 4.69) is 31.3 Å². The second-order valence-corrected chi connectivity index (χ2v) is 6.71. The molecule has 0 saturated carbocycles. The molecule has 128 valence electrons. The van der Waals surface area contributed by atoms with E-state index in [-0.39, 0.29) is 5.91 Å². The fourth-order valence-corrected chi connectivity index (χ4v) is 3.17. The lowest BCUT2D eigenvalue weighted by Crippen LogP contribution is -2.13. The van der Waals surface area contributed by atoms with Crippen LogP contribution in [0, 0.1) is 6.92 Å². The van der Waals surface area contributed by atoms with Crippen LogP contribution in [0.15, 0.2) is 71.3 Å². The van der Waals surface area contributed by atoms with Crippen molar-refractivity contribution in [2.45, 2.75) is 6.92 Å². The van der Waals surface area contributed by atoms with Crippen LogP contribution in [0.5, 0.6) is 0 Å². The van der Waals surface area contributed by atoms with Crippen LogP contribution >= 0.6 is 15.9 Å². The molecule has 0 fully saturated rings. The van der Waals surface area contributed by atoms with Gasteiger partial charge in [-0.1, -0.05) is 30.3 Å². The van der Waals surface area contributed by atoms with Gasteiger partial charge in [-0.05, 0) is 53.2 Å². The lowest BCUT2D eigenvalue weighted by Gasteiger charge is -2.08. The van der Waals surface area contributed by atoms with E-state index in [0.717, 1.165) is 21.1 Å². The molecule has 0 atom stereocenters. The Morgan fingerprint density at radius 2 is 1.81 bits per heavy atom. The van der Waals surface area contributed by atoms with Crippen LogP contribution in [0.3, 0.4) is 0 Å². The Morgan fingerprint density at radius 1 is 1.04 bits per heavy atom. The van der Waals surface area contributed by atoms with Crippen molar-refractivity contribution >= 4 is 38.4 Å². The summed E-state index contributed by atoms with van der Waals surface area (Å²) in [5.74, 6) is 0.475. The minimum Gasteiger partial charge on any atom is -0.321 e. The van der Waals surface area contributed by atoms with E-state index in [1.807, 2.05) is 67.6 Å². The first-order valence-corrected chi connectivity index (χ1v) is 8.89. The molecule has 2 aromatic carbocycles. The number of para-hydroxylation sites is 2. The van der Waals surface area contributed by atoms with Crippen molar-refractivity contribution in [2.24, 2.45) is 0 Å². The van der Waals surface area contributed by atoms with Crippen molar-refractivity contribution in [3.05, 3.63) is 82.6 Å². The summed E-state index contributed by atoms with van der Waals surface area (Å²) < 4.78 is 2.51. The smallest absolute Gasteiger partial charge is 0.259 e. The lowest BCUT2D eigenvalue weighted by atomic mass is 10.2. The number of nitrogens with one attached hydrogen (secondary N) is 1. The number of rotatable bonds is 3. The van der Waals surface area contributed by atoms with Crippen LogP contribution in [0.25, 0.3) is 16.7 Å².